The molecule has 33 heavy (non-hydrogen) atoms. The minimum absolute atomic E-state index is 0.241. The third-order valence-electron chi connectivity index (χ3n) is 5.73. The highest BCUT2D eigenvalue weighted by Crippen LogP contribution is 2.31. The van der Waals surface area contributed by atoms with Gasteiger partial charge in [0.25, 0.3) is 0 Å². The van der Waals surface area contributed by atoms with Gasteiger partial charge in [-0.3, -0.25) is 0 Å². The van der Waals surface area contributed by atoms with E-state index >= 15 is 0 Å². The molecule has 0 aliphatic carbocycles. The molecule has 0 aliphatic heterocycles. The summed E-state index contributed by atoms with van der Waals surface area (Å²) in [5.41, 5.74) is 2.79. The summed E-state index contributed by atoms with van der Waals surface area (Å²) in [5, 5.41) is 5.39. The van der Waals surface area contributed by atoms with E-state index in [0.717, 1.165) is 43.4 Å². The monoisotopic (exact) mass is 476 g/mol. The second kappa shape index (κ2) is 13.9. The summed E-state index contributed by atoms with van der Waals surface area (Å²) < 4.78 is 18.1. The van der Waals surface area contributed by atoms with Crippen molar-refractivity contribution in [3.8, 4) is 5.88 Å². The highest BCUT2D eigenvalue weighted by Gasteiger charge is 2.21. The zero-order valence-electron chi connectivity index (χ0n) is 20.5. The van der Waals surface area contributed by atoms with E-state index in [0.29, 0.717) is 28.1 Å². The molecule has 7 heteroatoms. The zero-order valence-corrected chi connectivity index (χ0v) is 21.3. The molecule has 1 atom stereocenters. The van der Waals surface area contributed by atoms with Crippen LogP contribution in [0.5, 0.6) is 5.88 Å². The molecule has 0 fully saturated rings. The molecule has 0 saturated heterocycles. The number of hydrogen-bond acceptors (Lipinski definition) is 5. The molecule has 0 radical (unpaired) electrons. The van der Waals surface area contributed by atoms with Crippen molar-refractivity contribution in [1.82, 2.24) is 9.78 Å². The van der Waals surface area contributed by atoms with Crippen LogP contribution in [-0.4, -0.2) is 30.0 Å². The summed E-state index contributed by atoms with van der Waals surface area (Å²) in [4.78, 5) is 12.3. The Hall–Kier alpha value is -2.47. The molecule has 0 saturated carbocycles. The summed E-state index contributed by atoms with van der Waals surface area (Å²) in [6.45, 7) is 7.57. The van der Waals surface area contributed by atoms with E-state index in [1.54, 1.807) is 0 Å². The van der Waals surface area contributed by atoms with Crippen LogP contribution in [0.15, 0.2) is 30.5 Å². The van der Waals surface area contributed by atoms with Gasteiger partial charge in [-0.15, -0.1) is 5.10 Å². The zero-order chi connectivity index (χ0) is 24.2. The number of carbonyl (C=O) groups excluding carboxylic acids is 1. The molecule has 0 N–H and O–H groups in total. The Balaban J connectivity index is 2.30. The summed E-state index contributed by atoms with van der Waals surface area (Å²) in [6.07, 6.45) is 7.76. The number of hydrogen-bond donors (Lipinski definition) is 0. The molecule has 0 amide bonds. The second-order valence-electron chi connectivity index (χ2n) is 8.13. The fraction of sp³-hybridized carbons (Fsp3) is 0.538. The molecule has 182 valence electrons. The molecule has 6 nitrogen and oxygen atoms in total. The average Bonchev–Trinajstić information content (AvgIpc) is 3.13. The number of rotatable bonds is 14. The van der Waals surface area contributed by atoms with Crippen LogP contribution in [-0.2, 0) is 33.8 Å². The van der Waals surface area contributed by atoms with Crippen molar-refractivity contribution in [2.75, 3.05) is 14.2 Å². The number of aromatic nitrogens is 2. The molecule has 1 aromatic carbocycles. The van der Waals surface area contributed by atoms with Gasteiger partial charge in [0.1, 0.15) is 17.3 Å². The summed E-state index contributed by atoms with van der Waals surface area (Å²) in [6, 6.07) is 7.53. The Labute approximate surface area is 202 Å². The molecule has 1 aromatic heterocycles. The first-order chi connectivity index (χ1) is 16.0. The quantitative estimate of drug-likeness (QED) is 0.178. The predicted octanol–water partition coefficient (Wildman–Crippen LogP) is 6.44. The SMILES string of the molecule is CCCCC(CC)Cn1nc(OCc2ccccc2/C(=C\OC)C(=O)OC)c(CCC)c1Cl. The molecular weight excluding hydrogens is 440 g/mol. The van der Waals surface area contributed by atoms with E-state index in [2.05, 4.69) is 20.8 Å². The normalized spacial score (nSPS) is 12.5. The van der Waals surface area contributed by atoms with Crippen LogP contribution >= 0.6 is 11.6 Å². The Bertz CT molecular complexity index is 923. The fourth-order valence-corrected chi connectivity index (χ4v) is 4.10. The molecule has 1 heterocycles. The molecule has 2 rings (SSSR count). The van der Waals surface area contributed by atoms with Crippen molar-refractivity contribution in [2.24, 2.45) is 5.92 Å². The maximum atomic E-state index is 12.3. The lowest BCUT2D eigenvalue weighted by Gasteiger charge is -2.15. The van der Waals surface area contributed by atoms with E-state index < -0.39 is 5.97 Å². The number of esters is 1. The van der Waals surface area contributed by atoms with Gasteiger partial charge in [-0.25, -0.2) is 9.48 Å². The molecule has 0 spiro atoms. The highest BCUT2D eigenvalue weighted by atomic mass is 35.5. The van der Waals surface area contributed by atoms with Crippen molar-refractivity contribution >= 4 is 23.1 Å². The van der Waals surface area contributed by atoms with E-state index in [1.165, 1.54) is 33.3 Å². The van der Waals surface area contributed by atoms with Crippen LogP contribution in [0.3, 0.4) is 0 Å². The Morgan fingerprint density at radius 2 is 1.94 bits per heavy atom. The predicted molar refractivity (Wildman–Crippen MR) is 132 cm³/mol. The van der Waals surface area contributed by atoms with E-state index in [9.17, 15) is 4.79 Å². The van der Waals surface area contributed by atoms with Crippen LogP contribution in [0, 0.1) is 5.92 Å². The Morgan fingerprint density at radius 1 is 1.18 bits per heavy atom. The van der Waals surface area contributed by atoms with Gasteiger partial charge in [-0.05, 0) is 29.9 Å². The first kappa shape index (κ1) is 26.8. The molecular formula is C26H37ClN2O4. The van der Waals surface area contributed by atoms with Gasteiger partial charge < -0.3 is 14.2 Å². The van der Waals surface area contributed by atoms with E-state index in [4.69, 9.17) is 30.9 Å². The summed E-state index contributed by atoms with van der Waals surface area (Å²) >= 11 is 6.74. The largest absolute Gasteiger partial charge is 0.503 e. The molecule has 0 aliphatic rings. The average molecular weight is 477 g/mol. The van der Waals surface area contributed by atoms with Crippen LogP contribution in [0.4, 0.5) is 0 Å². The number of halogens is 1. The Morgan fingerprint density at radius 3 is 2.58 bits per heavy atom. The minimum Gasteiger partial charge on any atom is -0.503 e. The fourth-order valence-electron chi connectivity index (χ4n) is 3.82. The number of nitrogens with zero attached hydrogens (tertiary/aromatic N) is 2. The van der Waals surface area contributed by atoms with Gasteiger partial charge >= 0.3 is 5.97 Å². The van der Waals surface area contributed by atoms with Gasteiger partial charge in [0, 0.05) is 6.54 Å². The summed E-state index contributed by atoms with van der Waals surface area (Å²) in [5.74, 6) is 0.616. The molecule has 2 aromatic rings. The van der Waals surface area contributed by atoms with Gasteiger partial charge in [0.2, 0.25) is 5.88 Å². The van der Waals surface area contributed by atoms with Crippen molar-refractivity contribution in [3.05, 3.63) is 52.4 Å². The maximum absolute atomic E-state index is 12.3. The number of carbonyl (C=O) groups is 1. The first-order valence-corrected chi connectivity index (χ1v) is 12.2. The van der Waals surface area contributed by atoms with Crippen LogP contribution in [0.25, 0.3) is 5.57 Å². The maximum Gasteiger partial charge on any atom is 0.341 e. The highest BCUT2D eigenvalue weighted by molar-refractivity contribution is 6.30. The lowest BCUT2D eigenvalue weighted by atomic mass is 9.99. The Kier molecular flexibility index (Phi) is 11.3. The van der Waals surface area contributed by atoms with Crippen molar-refractivity contribution in [2.45, 2.75) is 72.4 Å². The third-order valence-corrected chi connectivity index (χ3v) is 6.16. The van der Waals surface area contributed by atoms with Gasteiger partial charge in [0.05, 0.1) is 26.0 Å². The van der Waals surface area contributed by atoms with Crippen LogP contribution in [0.1, 0.15) is 69.6 Å². The second-order valence-corrected chi connectivity index (χ2v) is 8.49. The third kappa shape index (κ3) is 7.26. The van der Waals surface area contributed by atoms with Crippen molar-refractivity contribution < 1.29 is 19.0 Å². The number of benzene rings is 1. The smallest absolute Gasteiger partial charge is 0.341 e. The van der Waals surface area contributed by atoms with E-state index in [1.807, 2.05) is 28.9 Å². The van der Waals surface area contributed by atoms with Gasteiger partial charge in [0.15, 0.2) is 0 Å². The standard InChI is InChI=1S/C26H37ClN2O4/c1-6-9-13-19(8-3)16-29-24(27)22(12-7-2)25(28-29)33-17-20-14-10-11-15-21(20)23(18-31-4)26(30)32-5/h10-11,14-15,18-19H,6-9,12-13,16-17H2,1-5H3/b23-18+. The van der Waals surface area contributed by atoms with E-state index in [-0.39, 0.29) is 6.61 Å². The van der Waals surface area contributed by atoms with Crippen molar-refractivity contribution in [1.29, 1.82) is 0 Å². The van der Waals surface area contributed by atoms with Crippen molar-refractivity contribution in [3.63, 3.8) is 0 Å². The molecule has 0 bridgehead atoms. The number of methoxy groups -OCH3 is 2. The minimum atomic E-state index is -0.471. The molecule has 1 unspecified atom stereocenters. The number of ether oxygens (including phenoxy) is 3. The van der Waals surface area contributed by atoms with Crippen LogP contribution < -0.4 is 4.74 Å². The van der Waals surface area contributed by atoms with Gasteiger partial charge in [-0.1, -0.05) is 82.3 Å². The number of unbranched alkanes of at least 4 members (excludes halogenated alkanes) is 1. The van der Waals surface area contributed by atoms with Crippen LogP contribution in [0.2, 0.25) is 5.15 Å². The summed E-state index contributed by atoms with van der Waals surface area (Å²) in [7, 11) is 2.85. The lowest BCUT2D eigenvalue weighted by Crippen LogP contribution is -2.12. The first-order valence-electron chi connectivity index (χ1n) is 11.8. The topological polar surface area (TPSA) is 62.6 Å². The van der Waals surface area contributed by atoms with Gasteiger partial charge in [-0.2, -0.15) is 0 Å². The lowest BCUT2D eigenvalue weighted by molar-refractivity contribution is -0.133.